The summed E-state index contributed by atoms with van der Waals surface area (Å²) in [7, 11) is 1.58. The minimum absolute atomic E-state index is 0.259. The largest absolute Gasteiger partial charge is 0.391 e. The fourth-order valence-corrected chi connectivity index (χ4v) is 4.15. The molecule has 0 radical (unpaired) electrons. The van der Waals surface area contributed by atoms with E-state index >= 15 is 0 Å². The molecule has 7 heteroatoms. The van der Waals surface area contributed by atoms with E-state index in [9.17, 15) is 4.79 Å². The molecule has 0 atom stereocenters. The van der Waals surface area contributed by atoms with E-state index in [0.29, 0.717) is 5.69 Å². The molecule has 0 bridgehead atoms. The van der Waals surface area contributed by atoms with Gasteiger partial charge in [-0.1, -0.05) is 42.4 Å². The van der Waals surface area contributed by atoms with E-state index in [0.717, 1.165) is 36.1 Å². The van der Waals surface area contributed by atoms with Crippen LogP contribution in [0.1, 0.15) is 54.5 Å². The maximum Gasteiger partial charge on any atom is 0.368 e. The van der Waals surface area contributed by atoms with Crippen LogP contribution >= 0.6 is 0 Å². The third-order valence-electron chi connectivity index (χ3n) is 5.78. The number of benzene rings is 2. The van der Waals surface area contributed by atoms with Gasteiger partial charge in [-0.15, -0.1) is 0 Å². The van der Waals surface area contributed by atoms with Crippen LogP contribution in [-0.4, -0.2) is 25.5 Å². The zero-order valence-electron chi connectivity index (χ0n) is 17.8. The van der Waals surface area contributed by atoms with Crippen molar-refractivity contribution >= 4 is 5.71 Å². The fourth-order valence-electron chi connectivity index (χ4n) is 4.15. The smallest absolute Gasteiger partial charge is 0.368 e. The Kier molecular flexibility index (Phi) is 5.79. The van der Waals surface area contributed by atoms with Crippen LogP contribution in [0.2, 0.25) is 0 Å². The molecule has 156 valence electrons. The summed E-state index contributed by atoms with van der Waals surface area (Å²) in [6.45, 7) is 4.32. The van der Waals surface area contributed by atoms with Gasteiger partial charge in [0.25, 0.3) is 0 Å². The molecule has 0 saturated carbocycles. The molecule has 0 saturated heterocycles. The second-order valence-corrected chi connectivity index (χ2v) is 7.67. The Morgan fingerprint density at radius 3 is 2.70 bits per heavy atom. The van der Waals surface area contributed by atoms with Gasteiger partial charge in [-0.05, 0) is 72.2 Å². The van der Waals surface area contributed by atoms with Crippen molar-refractivity contribution < 1.29 is 4.84 Å². The van der Waals surface area contributed by atoms with Gasteiger partial charge in [0, 0.05) is 18.2 Å². The third kappa shape index (κ3) is 3.79. The Balaban J connectivity index is 1.61. The van der Waals surface area contributed by atoms with Crippen molar-refractivity contribution in [1.82, 2.24) is 19.8 Å². The number of aromatic nitrogens is 4. The molecule has 7 nitrogen and oxygen atoms in total. The third-order valence-corrected chi connectivity index (χ3v) is 5.78. The quantitative estimate of drug-likeness (QED) is 0.466. The molecule has 1 aromatic heterocycles. The average Bonchev–Trinajstić information content (AvgIpc) is 3.11. The fraction of sp³-hybridized carbons (Fsp3) is 0.391. The molecule has 2 aromatic carbocycles. The molecule has 4 rings (SSSR count). The zero-order chi connectivity index (χ0) is 21.1. The maximum absolute atomic E-state index is 12.4. The van der Waals surface area contributed by atoms with Crippen LogP contribution in [-0.2, 0) is 37.8 Å². The molecule has 0 fully saturated rings. The molecule has 0 spiro atoms. The second-order valence-electron chi connectivity index (χ2n) is 7.67. The van der Waals surface area contributed by atoms with Gasteiger partial charge in [0.1, 0.15) is 6.61 Å². The van der Waals surface area contributed by atoms with Crippen LogP contribution < -0.4 is 5.69 Å². The van der Waals surface area contributed by atoms with Crippen LogP contribution in [0.3, 0.4) is 0 Å². The lowest BCUT2D eigenvalue weighted by molar-refractivity contribution is 0.130. The molecule has 1 aliphatic carbocycles. The first-order valence-electron chi connectivity index (χ1n) is 10.5. The number of hydrogen-bond acceptors (Lipinski definition) is 5. The highest BCUT2D eigenvalue weighted by atomic mass is 16.6. The Bertz CT molecular complexity index is 1140. The highest BCUT2D eigenvalue weighted by Crippen LogP contribution is 2.25. The molecule has 1 aliphatic rings. The molecule has 0 N–H and O–H groups in total. The van der Waals surface area contributed by atoms with Crippen molar-refractivity contribution in [2.24, 2.45) is 12.2 Å². The van der Waals surface area contributed by atoms with E-state index in [1.807, 2.05) is 25.1 Å². The van der Waals surface area contributed by atoms with Crippen LogP contribution in [0.25, 0.3) is 5.69 Å². The first-order chi connectivity index (χ1) is 14.6. The van der Waals surface area contributed by atoms with E-state index in [-0.39, 0.29) is 12.3 Å². The molecule has 0 aliphatic heterocycles. The van der Waals surface area contributed by atoms with Crippen molar-refractivity contribution in [3.05, 3.63) is 74.7 Å². The first-order valence-corrected chi connectivity index (χ1v) is 10.5. The van der Waals surface area contributed by atoms with Crippen molar-refractivity contribution in [2.45, 2.75) is 52.6 Å². The highest BCUT2D eigenvalue weighted by molar-refractivity contribution is 6.00. The predicted molar refractivity (Wildman–Crippen MR) is 116 cm³/mol. The van der Waals surface area contributed by atoms with Gasteiger partial charge in [0.15, 0.2) is 0 Å². The lowest BCUT2D eigenvalue weighted by Crippen LogP contribution is -2.23. The molecular formula is C23H27N5O2. The van der Waals surface area contributed by atoms with Crippen molar-refractivity contribution in [3.8, 4) is 5.69 Å². The molecule has 30 heavy (non-hydrogen) atoms. The maximum atomic E-state index is 12.4. The van der Waals surface area contributed by atoms with Gasteiger partial charge in [-0.2, -0.15) is 9.36 Å². The Morgan fingerprint density at radius 2 is 1.93 bits per heavy atom. The Morgan fingerprint density at radius 1 is 1.13 bits per heavy atom. The number of tetrazole rings is 1. The number of aryl methyl sites for hydroxylation is 3. The van der Waals surface area contributed by atoms with E-state index in [1.165, 1.54) is 38.9 Å². The van der Waals surface area contributed by atoms with Crippen molar-refractivity contribution in [3.63, 3.8) is 0 Å². The number of fused-ring (bicyclic) bond motifs is 1. The summed E-state index contributed by atoms with van der Waals surface area (Å²) < 4.78 is 2.52. The normalized spacial score (nSPS) is 13.9. The number of oxime groups is 1. The highest BCUT2D eigenvalue weighted by Gasteiger charge is 2.16. The van der Waals surface area contributed by atoms with Gasteiger partial charge in [0.2, 0.25) is 0 Å². The summed E-state index contributed by atoms with van der Waals surface area (Å²) in [5, 5.41) is 12.2. The SMILES string of the molecule is CCc1cccc(-n2nnn(C)c2=O)c1CON=C(C)c1cccc2c1CCCC2. The second kappa shape index (κ2) is 8.65. The average molecular weight is 406 g/mol. The number of hydrogen-bond donors (Lipinski definition) is 0. The minimum Gasteiger partial charge on any atom is -0.391 e. The summed E-state index contributed by atoms with van der Waals surface area (Å²) >= 11 is 0. The molecule has 0 amide bonds. The summed E-state index contributed by atoms with van der Waals surface area (Å²) in [5.74, 6) is 0. The van der Waals surface area contributed by atoms with Crippen LogP contribution in [0.5, 0.6) is 0 Å². The van der Waals surface area contributed by atoms with Crippen molar-refractivity contribution in [1.29, 1.82) is 0 Å². The van der Waals surface area contributed by atoms with Crippen molar-refractivity contribution in [2.75, 3.05) is 0 Å². The summed E-state index contributed by atoms with van der Waals surface area (Å²) in [6, 6.07) is 12.3. The van der Waals surface area contributed by atoms with Crippen LogP contribution in [0, 0.1) is 0 Å². The summed E-state index contributed by atoms with van der Waals surface area (Å²) in [6.07, 6.45) is 5.52. The topological polar surface area (TPSA) is 74.3 Å². The van der Waals surface area contributed by atoms with Gasteiger partial charge in [-0.25, -0.2) is 4.79 Å². The first kappa shape index (κ1) is 20.1. The predicted octanol–water partition coefficient (Wildman–Crippen LogP) is 3.35. The number of rotatable bonds is 6. The lowest BCUT2D eigenvalue weighted by Gasteiger charge is -2.19. The van der Waals surface area contributed by atoms with Crippen LogP contribution in [0.4, 0.5) is 0 Å². The Hall–Kier alpha value is -3.22. The van der Waals surface area contributed by atoms with E-state index in [2.05, 4.69) is 40.7 Å². The Labute approximate surface area is 176 Å². The van der Waals surface area contributed by atoms with E-state index in [1.54, 1.807) is 7.05 Å². The van der Waals surface area contributed by atoms with Gasteiger partial charge < -0.3 is 4.84 Å². The van der Waals surface area contributed by atoms with Crippen LogP contribution in [0.15, 0.2) is 46.3 Å². The number of nitrogens with zero attached hydrogens (tertiary/aromatic N) is 5. The zero-order valence-corrected chi connectivity index (χ0v) is 17.8. The molecule has 3 aromatic rings. The van der Waals surface area contributed by atoms with E-state index < -0.39 is 0 Å². The van der Waals surface area contributed by atoms with Gasteiger partial charge >= 0.3 is 5.69 Å². The lowest BCUT2D eigenvalue weighted by atomic mass is 9.87. The minimum atomic E-state index is -0.292. The molecular weight excluding hydrogens is 378 g/mol. The summed E-state index contributed by atoms with van der Waals surface area (Å²) in [4.78, 5) is 18.2. The summed E-state index contributed by atoms with van der Waals surface area (Å²) in [5.41, 5.74) is 7.24. The molecule has 0 unspecified atom stereocenters. The van der Waals surface area contributed by atoms with Gasteiger partial charge in [-0.3, -0.25) is 0 Å². The monoisotopic (exact) mass is 405 g/mol. The van der Waals surface area contributed by atoms with E-state index in [4.69, 9.17) is 4.84 Å². The standard InChI is InChI=1S/C23H27N5O2/c1-4-17-10-8-14-22(28-23(29)27(3)25-26-28)21(17)15-30-24-16(2)19-13-7-11-18-9-5-6-12-20(18)19/h7-8,10-11,13-14H,4-6,9,12,15H2,1-3H3. The van der Waals surface area contributed by atoms with Gasteiger partial charge in [0.05, 0.1) is 11.4 Å². The molecule has 1 heterocycles.